The van der Waals surface area contributed by atoms with Gasteiger partial charge in [-0.3, -0.25) is 9.79 Å². The number of hydrogen-bond acceptors (Lipinski definition) is 6. The first-order valence-electron chi connectivity index (χ1n) is 15.3. The van der Waals surface area contributed by atoms with Gasteiger partial charge in [0, 0.05) is 48.4 Å². The second-order valence-corrected chi connectivity index (χ2v) is 13.2. The number of halogens is 3. The van der Waals surface area contributed by atoms with Crippen LogP contribution in [0.1, 0.15) is 60.3 Å². The number of pyridine rings is 1. The highest BCUT2D eigenvalue weighted by atomic mass is 35.5. The number of carbonyl (C=O) groups excluding carboxylic acids is 1. The summed E-state index contributed by atoms with van der Waals surface area (Å²) in [5.41, 5.74) is 4.16. The molecule has 7 nitrogen and oxygen atoms in total. The highest BCUT2D eigenvalue weighted by Gasteiger charge is 2.40. The third kappa shape index (κ3) is 7.86. The van der Waals surface area contributed by atoms with Crippen LogP contribution < -0.4 is 14.8 Å². The van der Waals surface area contributed by atoms with Crippen molar-refractivity contribution < 1.29 is 14.3 Å². The van der Waals surface area contributed by atoms with Gasteiger partial charge in [0.15, 0.2) is 5.75 Å². The molecule has 0 unspecified atom stereocenters. The highest BCUT2D eigenvalue weighted by molar-refractivity contribution is 6.37. The third-order valence-electron chi connectivity index (χ3n) is 8.40. The second-order valence-electron chi connectivity index (χ2n) is 12.0. The lowest BCUT2D eigenvalue weighted by Gasteiger charge is -2.33. The zero-order chi connectivity index (χ0) is 30.6. The van der Waals surface area contributed by atoms with Gasteiger partial charge in [-0.25, -0.2) is 4.98 Å². The Labute approximate surface area is 273 Å². The van der Waals surface area contributed by atoms with Crippen molar-refractivity contribution in [2.24, 2.45) is 10.9 Å². The third-order valence-corrected chi connectivity index (χ3v) is 9.33. The lowest BCUT2D eigenvalue weighted by atomic mass is 9.82. The van der Waals surface area contributed by atoms with Crippen LogP contribution in [0.4, 0.5) is 0 Å². The Bertz CT molecular complexity index is 1490. The monoisotopic (exact) mass is 654 g/mol. The van der Waals surface area contributed by atoms with Crippen LogP contribution in [0.3, 0.4) is 0 Å². The number of carbonyl (C=O) groups is 1. The maximum absolute atomic E-state index is 14.1. The second kappa shape index (κ2) is 14.1. The fourth-order valence-corrected chi connectivity index (χ4v) is 6.56. The van der Waals surface area contributed by atoms with Gasteiger partial charge in [0.2, 0.25) is 11.8 Å². The van der Waals surface area contributed by atoms with E-state index >= 15 is 0 Å². The molecule has 6 rings (SSSR count). The van der Waals surface area contributed by atoms with Crippen molar-refractivity contribution in [1.29, 1.82) is 0 Å². The zero-order valence-corrected chi connectivity index (χ0v) is 27.0. The van der Waals surface area contributed by atoms with Crippen molar-refractivity contribution in [3.63, 3.8) is 0 Å². The number of nitrogens with zero attached hydrogens (tertiary/aromatic N) is 3. The number of rotatable bonds is 13. The average Bonchev–Trinajstić information content (AvgIpc) is 3.95. The van der Waals surface area contributed by atoms with Crippen molar-refractivity contribution >= 4 is 46.9 Å². The number of ether oxygens (including phenoxy) is 2. The molecule has 2 saturated carbocycles. The SMILES string of the molecule is Cc1cc(Cl)c(OCCOc2ccc([C@H]3CC=NC[C@@H]3C(=O)N(Cc3cc(CNC4CC4)ccc3Cl)C3CC3)cn2)c(Cl)c1. The van der Waals surface area contributed by atoms with E-state index in [4.69, 9.17) is 44.3 Å². The summed E-state index contributed by atoms with van der Waals surface area (Å²) in [6.07, 6.45) is 8.95. The van der Waals surface area contributed by atoms with Crippen molar-refractivity contribution in [1.82, 2.24) is 15.2 Å². The minimum absolute atomic E-state index is 0.0125. The molecule has 0 bridgehead atoms. The Kier molecular flexibility index (Phi) is 9.96. The molecule has 44 heavy (non-hydrogen) atoms. The average molecular weight is 656 g/mol. The standard InChI is InChI=1S/C34H37Cl3N4O3/c1-21-14-30(36)33(31(37)15-21)44-13-12-43-32-9-3-23(18-40-32)27-10-11-38-19-28(27)34(42)41(26-6-7-26)20-24-16-22(2-8-29(24)35)17-39-25-4-5-25/h2-3,8-9,11,14-16,18,25-28,39H,4-7,10,12-13,17,19-20H2,1H3/t27-,28+/m1/s1. The summed E-state index contributed by atoms with van der Waals surface area (Å²) < 4.78 is 11.6. The lowest BCUT2D eigenvalue weighted by molar-refractivity contribution is -0.137. The summed E-state index contributed by atoms with van der Waals surface area (Å²) >= 11 is 19.2. The van der Waals surface area contributed by atoms with Crippen LogP contribution in [0.15, 0.2) is 53.7 Å². The Morgan fingerprint density at radius 1 is 0.977 bits per heavy atom. The van der Waals surface area contributed by atoms with Crippen LogP contribution in [0.5, 0.6) is 11.6 Å². The number of aromatic nitrogens is 1. The fourth-order valence-electron chi connectivity index (χ4n) is 5.68. The van der Waals surface area contributed by atoms with Crippen LogP contribution in [0.2, 0.25) is 15.1 Å². The summed E-state index contributed by atoms with van der Waals surface area (Å²) in [6.45, 7) is 4.26. The quantitative estimate of drug-likeness (QED) is 0.194. The molecule has 1 aromatic heterocycles. The van der Waals surface area contributed by atoms with Gasteiger partial charge in [-0.15, -0.1) is 0 Å². The summed E-state index contributed by atoms with van der Waals surface area (Å²) in [5, 5.41) is 5.20. The van der Waals surface area contributed by atoms with E-state index in [-0.39, 0.29) is 37.0 Å². The summed E-state index contributed by atoms with van der Waals surface area (Å²) in [4.78, 5) is 25.2. The van der Waals surface area contributed by atoms with Crippen LogP contribution in [-0.4, -0.2) is 53.8 Å². The van der Waals surface area contributed by atoms with E-state index in [2.05, 4.69) is 27.4 Å². The Balaban J connectivity index is 1.08. The van der Waals surface area contributed by atoms with Gasteiger partial charge in [-0.05, 0) is 85.7 Å². The van der Waals surface area contributed by atoms with Gasteiger partial charge in [0.1, 0.15) is 13.2 Å². The normalized spacial score (nSPS) is 19.5. The molecule has 3 aliphatic rings. The lowest BCUT2D eigenvalue weighted by Crippen LogP contribution is -2.42. The van der Waals surface area contributed by atoms with E-state index in [9.17, 15) is 4.79 Å². The predicted molar refractivity (Wildman–Crippen MR) is 176 cm³/mol. The van der Waals surface area contributed by atoms with E-state index in [0.29, 0.717) is 52.2 Å². The fraction of sp³-hybridized carbons (Fsp3) is 0.441. The van der Waals surface area contributed by atoms with E-state index in [1.807, 2.05) is 54.6 Å². The predicted octanol–water partition coefficient (Wildman–Crippen LogP) is 7.43. The van der Waals surface area contributed by atoms with Crippen LogP contribution in [0.25, 0.3) is 0 Å². The number of nitrogens with one attached hydrogen (secondary N) is 1. The minimum atomic E-state index is -0.259. The first kappa shape index (κ1) is 31.2. The molecule has 2 aromatic carbocycles. The number of amides is 1. The molecule has 2 atom stereocenters. The maximum Gasteiger partial charge on any atom is 0.228 e. The van der Waals surface area contributed by atoms with Crippen molar-refractivity contribution in [3.8, 4) is 11.6 Å². The van der Waals surface area contributed by atoms with Gasteiger partial charge < -0.3 is 19.7 Å². The summed E-state index contributed by atoms with van der Waals surface area (Å²) in [6, 6.07) is 14.5. The molecule has 2 fully saturated rings. The molecule has 0 radical (unpaired) electrons. The first-order chi connectivity index (χ1) is 21.4. The molecule has 3 aromatic rings. The van der Waals surface area contributed by atoms with Gasteiger partial charge in [-0.1, -0.05) is 53.0 Å². The topological polar surface area (TPSA) is 76.1 Å². The van der Waals surface area contributed by atoms with Crippen LogP contribution in [0, 0.1) is 12.8 Å². The molecular formula is C34H37Cl3N4O3. The first-order valence-corrected chi connectivity index (χ1v) is 16.5. The molecule has 10 heteroatoms. The summed E-state index contributed by atoms with van der Waals surface area (Å²) in [7, 11) is 0. The smallest absolute Gasteiger partial charge is 0.228 e. The van der Waals surface area contributed by atoms with E-state index in [1.54, 1.807) is 0 Å². The number of aryl methyl sites for hydroxylation is 1. The number of aliphatic imine (C=N–C) groups is 1. The van der Waals surface area contributed by atoms with Crippen molar-refractivity contribution in [3.05, 3.63) is 86.0 Å². The van der Waals surface area contributed by atoms with Gasteiger partial charge >= 0.3 is 0 Å². The Hall–Kier alpha value is -2.84. The van der Waals surface area contributed by atoms with E-state index in [1.165, 1.54) is 18.4 Å². The van der Waals surface area contributed by atoms with Crippen molar-refractivity contribution in [2.45, 2.75) is 70.1 Å². The van der Waals surface area contributed by atoms with Gasteiger partial charge in [0.05, 0.1) is 22.5 Å². The molecule has 0 saturated heterocycles. The largest absolute Gasteiger partial charge is 0.487 e. The number of benzene rings is 2. The molecule has 232 valence electrons. The van der Waals surface area contributed by atoms with Gasteiger partial charge in [0.25, 0.3) is 0 Å². The maximum atomic E-state index is 14.1. The molecule has 1 N–H and O–H groups in total. The highest BCUT2D eigenvalue weighted by Crippen LogP contribution is 2.37. The Morgan fingerprint density at radius 2 is 1.75 bits per heavy atom. The van der Waals surface area contributed by atoms with E-state index < -0.39 is 0 Å². The molecular weight excluding hydrogens is 619 g/mol. The molecule has 1 amide bonds. The van der Waals surface area contributed by atoms with Crippen LogP contribution >= 0.6 is 34.8 Å². The van der Waals surface area contributed by atoms with Crippen molar-refractivity contribution in [2.75, 3.05) is 19.8 Å². The molecule has 2 aliphatic carbocycles. The van der Waals surface area contributed by atoms with Gasteiger partial charge in [-0.2, -0.15) is 0 Å². The Morgan fingerprint density at radius 3 is 2.45 bits per heavy atom. The van der Waals surface area contributed by atoms with Crippen LogP contribution in [-0.2, 0) is 17.9 Å². The minimum Gasteiger partial charge on any atom is -0.487 e. The number of hydrogen-bond donors (Lipinski definition) is 1. The molecule has 0 spiro atoms. The van der Waals surface area contributed by atoms with E-state index in [0.717, 1.165) is 36.1 Å². The zero-order valence-electron chi connectivity index (χ0n) is 24.8. The molecule has 2 heterocycles. The molecule has 1 aliphatic heterocycles. The summed E-state index contributed by atoms with van der Waals surface area (Å²) in [5.74, 6) is 0.793.